The molecule has 110 valence electrons. The molecule has 5 heteroatoms. The van der Waals surface area contributed by atoms with Crippen molar-refractivity contribution in [3.63, 3.8) is 0 Å². The molecule has 0 aliphatic rings. The van der Waals surface area contributed by atoms with Gasteiger partial charge in [0.05, 0.1) is 6.26 Å². The van der Waals surface area contributed by atoms with E-state index in [1.807, 2.05) is 30.3 Å². The zero-order valence-electron chi connectivity index (χ0n) is 12.2. The number of hydrogen-bond donors (Lipinski definition) is 1. The monoisotopic (exact) mass is 287 g/mol. The van der Waals surface area contributed by atoms with Gasteiger partial charge in [0.2, 0.25) is 0 Å². The molecule has 0 unspecified atom stereocenters. The lowest BCUT2D eigenvalue weighted by Gasteiger charge is -2.31. The first-order chi connectivity index (χ1) is 9.85. The summed E-state index contributed by atoms with van der Waals surface area (Å²) < 4.78 is 5.29. The lowest BCUT2D eigenvalue weighted by molar-refractivity contribution is -0.147. The number of carbonyl (C=O) groups is 2. The number of carbonyl (C=O) groups excluding carboxylic acids is 1. The molecule has 0 aliphatic carbocycles. The average molecular weight is 287 g/mol. The number of amides is 1. The van der Waals surface area contributed by atoms with Crippen molar-refractivity contribution in [2.45, 2.75) is 19.4 Å². The van der Waals surface area contributed by atoms with Gasteiger partial charge in [0.15, 0.2) is 5.76 Å². The van der Waals surface area contributed by atoms with Gasteiger partial charge < -0.3 is 14.4 Å². The van der Waals surface area contributed by atoms with Gasteiger partial charge in [-0.2, -0.15) is 0 Å². The molecular weight excluding hydrogens is 270 g/mol. The Labute approximate surface area is 122 Å². The van der Waals surface area contributed by atoms with Gasteiger partial charge in [-0.15, -0.1) is 0 Å². The van der Waals surface area contributed by atoms with E-state index >= 15 is 0 Å². The van der Waals surface area contributed by atoms with E-state index < -0.39 is 17.4 Å². The van der Waals surface area contributed by atoms with Crippen molar-refractivity contribution in [2.75, 3.05) is 7.05 Å². The molecule has 0 bridgehead atoms. The minimum Gasteiger partial charge on any atom is -0.480 e. The van der Waals surface area contributed by atoms with Crippen LogP contribution in [0.25, 0.3) is 11.1 Å². The summed E-state index contributed by atoms with van der Waals surface area (Å²) in [5.74, 6) is -1.41. The molecule has 2 rings (SSSR count). The second-order valence-electron chi connectivity index (χ2n) is 5.26. The summed E-state index contributed by atoms with van der Waals surface area (Å²) in [7, 11) is 1.45. The van der Waals surface area contributed by atoms with E-state index in [1.54, 1.807) is 6.07 Å². The van der Waals surface area contributed by atoms with Gasteiger partial charge in [-0.25, -0.2) is 4.79 Å². The van der Waals surface area contributed by atoms with E-state index in [0.29, 0.717) is 5.56 Å². The first kappa shape index (κ1) is 14.8. The van der Waals surface area contributed by atoms with Crippen LogP contribution in [0.15, 0.2) is 47.1 Å². The number of likely N-dealkylation sites (N-methyl/N-ethyl adjacent to an activating group) is 1. The van der Waals surface area contributed by atoms with Crippen molar-refractivity contribution in [3.05, 3.63) is 48.4 Å². The highest BCUT2D eigenvalue weighted by Crippen LogP contribution is 2.27. The second-order valence-corrected chi connectivity index (χ2v) is 5.26. The first-order valence-corrected chi connectivity index (χ1v) is 6.50. The van der Waals surface area contributed by atoms with Crippen molar-refractivity contribution < 1.29 is 19.1 Å². The molecule has 0 saturated heterocycles. The predicted molar refractivity (Wildman–Crippen MR) is 78.0 cm³/mol. The summed E-state index contributed by atoms with van der Waals surface area (Å²) in [6.07, 6.45) is 1.43. The first-order valence-electron chi connectivity index (χ1n) is 6.50. The quantitative estimate of drug-likeness (QED) is 0.938. The van der Waals surface area contributed by atoms with Gasteiger partial charge >= 0.3 is 5.97 Å². The zero-order valence-corrected chi connectivity index (χ0v) is 12.2. The summed E-state index contributed by atoms with van der Waals surface area (Å²) in [4.78, 5) is 25.0. The van der Waals surface area contributed by atoms with E-state index in [-0.39, 0.29) is 5.76 Å². The highest BCUT2D eigenvalue weighted by molar-refractivity contribution is 6.00. The molecule has 0 saturated carbocycles. The fourth-order valence-electron chi connectivity index (χ4n) is 1.87. The van der Waals surface area contributed by atoms with E-state index in [1.165, 1.54) is 32.1 Å². The van der Waals surface area contributed by atoms with E-state index in [9.17, 15) is 14.7 Å². The Morgan fingerprint density at radius 3 is 2.33 bits per heavy atom. The Morgan fingerprint density at radius 2 is 1.76 bits per heavy atom. The molecule has 1 N–H and O–H groups in total. The number of nitrogens with zero attached hydrogens (tertiary/aromatic N) is 1. The average Bonchev–Trinajstić information content (AvgIpc) is 2.95. The highest BCUT2D eigenvalue weighted by atomic mass is 16.4. The number of carboxylic acid groups (broad SMARTS) is 1. The molecule has 1 aromatic carbocycles. The van der Waals surface area contributed by atoms with Gasteiger partial charge in [-0.05, 0) is 25.5 Å². The molecule has 0 aliphatic heterocycles. The van der Waals surface area contributed by atoms with E-state index in [2.05, 4.69) is 0 Å². The maximum atomic E-state index is 12.5. The summed E-state index contributed by atoms with van der Waals surface area (Å²) in [6.45, 7) is 2.94. The van der Waals surface area contributed by atoms with Gasteiger partial charge in [0, 0.05) is 12.6 Å². The molecule has 1 aromatic heterocycles. The Bertz CT molecular complexity index is 658. The molecule has 21 heavy (non-hydrogen) atoms. The number of rotatable bonds is 4. The third kappa shape index (κ3) is 2.67. The van der Waals surface area contributed by atoms with Gasteiger partial charge in [-0.3, -0.25) is 4.79 Å². The summed E-state index contributed by atoms with van der Waals surface area (Å²) >= 11 is 0. The van der Waals surface area contributed by atoms with Crippen molar-refractivity contribution in [1.29, 1.82) is 0 Å². The van der Waals surface area contributed by atoms with Crippen LogP contribution in [0.5, 0.6) is 0 Å². The van der Waals surface area contributed by atoms with Crippen LogP contribution in [-0.2, 0) is 4.79 Å². The maximum Gasteiger partial charge on any atom is 0.329 e. The fraction of sp³-hybridized carbons (Fsp3) is 0.250. The van der Waals surface area contributed by atoms with E-state index in [4.69, 9.17) is 4.42 Å². The maximum absolute atomic E-state index is 12.5. The second kappa shape index (κ2) is 5.44. The Balaban J connectivity index is 2.38. The van der Waals surface area contributed by atoms with E-state index in [0.717, 1.165) is 5.56 Å². The van der Waals surface area contributed by atoms with Crippen LogP contribution in [0, 0.1) is 0 Å². The number of aliphatic carboxylic acids is 1. The summed E-state index contributed by atoms with van der Waals surface area (Å²) in [5, 5.41) is 9.22. The van der Waals surface area contributed by atoms with Crippen LogP contribution in [-0.4, -0.2) is 34.5 Å². The van der Waals surface area contributed by atoms with Crippen molar-refractivity contribution >= 4 is 11.9 Å². The summed E-state index contributed by atoms with van der Waals surface area (Å²) in [6, 6.07) is 11.0. The standard InChI is InChI=1S/C16H17NO4/c1-16(2,15(19)20)17(3)14(18)13-12(9-10-21-13)11-7-5-4-6-8-11/h4-10H,1-3H3,(H,19,20). The van der Waals surface area contributed by atoms with Crippen LogP contribution in [0.4, 0.5) is 0 Å². The molecule has 0 radical (unpaired) electrons. The Morgan fingerprint density at radius 1 is 1.14 bits per heavy atom. The molecule has 0 spiro atoms. The lowest BCUT2D eigenvalue weighted by atomic mass is 10.0. The predicted octanol–water partition coefficient (Wildman–Crippen LogP) is 2.88. The number of hydrogen-bond acceptors (Lipinski definition) is 3. The molecule has 2 aromatic rings. The van der Waals surface area contributed by atoms with Crippen LogP contribution < -0.4 is 0 Å². The SMILES string of the molecule is CN(C(=O)c1occc1-c1ccccc1)C(C)(C)C(=O)O. The third-order valence-electron chi connectivity index (χ3n) is 3.61. The van der Waals surface area contributed by atoms with Crippen molar-refractivity contribution in [2.24, 2.45) is 0 Å². The van der Waals surface area contributed by atoms with Crippen LogP contribution >= 0.6 is 0 Å². The number of furan rings is 1. The Kier molecular flexibility index (Phi) is 3.84. The van der Waals surface area contributed by atoms with Crippen molar-refractivity contribution in [1.82, 2.24) is 4.90 Å². The molecule has 1 heterocycles. The summed E-state index contributed by atoms with van der Waals surface area (Å²) in [5.41, 5.74) is 0.169. The normalized spacial score (nSPS) is 11.2. The molecule has 1 amide bonds. The topological polar surface area (TPSA) is 70.8 Å². The van der Waals surface area contributed by atoms with Gasteiger partial charge in [0.1, 0.15) is 5.54 Å². The lowest BCUT2D eigenvalue weighted by Crippen LogP contribution is -2.50. The smallest absolute Gasteiger partial charge is 0.329 e. The highest BCUT2D eigenvalue weighted by Gasteiger charge is 2.37. The fourth-order valence-corrected chi connectivity index (χ4v) is 1.87. The number of carboxylic acids is 1. The van der Waals surface area contributed by atoms with Crippen LogP contribution in [0.1, 0.15) is 24.4 Å². The van der Waals surface area contributed by atoms with Gasteiger partial charge in [-0.1, -0.05) is 30.3 Å². The number of benzene rings is 1. The van der Waals surface area contributed by atoms with Crippen LogP contribution in [0.2, 0.25) is 0 Å². The zero-order chi connectivity index (χ0) is 15.6. The minimum absolute atomic E-state index is 0.137. The third-order valence-corrected chi connectivity index (χ3v) is 3.61. The molecule has 0 atom stereocenters. The largest absolute Gasteiger partial charge is 0.480 e. The molecular formula is C16H17NO4. The Hall–Kier alpha value is -2.56. The minimum atomic E-state index is -1.32. The van der Waals surface area contributed by atoms with Gasteiger partial charge in [0.25, 0.3) is 5.91 Å². The van der Waals surface area contributed by atoms with Crippen molar-refractivity contribution in [3.8, 4) is 11.1 Å². The van der Waals surface area contributed by atoms with Crippen LogP contribution in [0.3, 0.4) is 0 Å². The molecule has 0 fully saturated rings. The molecule has 5 nitrogen and oxygen atoms in total.